The maximum Gasteiger partial charge on any atom is 0.187 e. The molecule has 0 spiro atoms. The normalized spacial score (nSPS) is 14.6. The highest BCUT2D eigenvalue weighted by molar-refractivity contribution is 6.00. The molecule has 0 atom stereocenters. The summed E-state index contributed by atoms with van der Waals surface area (Å²) in [6.45, 7) is 6.88. The van der Waals surface area contributed by atoms with Gasteiger partial charge >= 0.3 is 0 Å². The molecule has 2 heterocycles. The molecule has 1 saturated heterocycles. The number of aryl methyl sites for hydroxylation is 2. The van der Waals surface area contributed by atoms with Gasteiger partial charge in [0.25, 0.3) is 0 Å². The molecule has 0 aliphatic carbocycles. The summed E-state index contributed by atoms with van der Waals surface area (Å²) >= 11 is 0. The van der Waals surface area contributed by atoms with Crippen molar-refractivity contribution in [2.24, 2.45) is 5.92 Å². The van der Waals surface area contributed by atoms with Crippen molar-refractivity contribution >= 4 is 22.3 Å². The third-order valence-corrected chi connectivity index (χ3v) is 6.60. The van der Waals surface area contributed by atoms with Crippen LogP contribution in [0.25, 0.3) is 10.9 Å². The first kappa shape index (κ1) is 23.7. The second kappa shape index (κ2) is 10.2. The van der Waals surface area contributed by atoms with Crippen LogP contribution in [-0.2, 0) is 0 Å². The predicted octanol–water partition coefficient (Wildman–Crippen LogP) is 5.20. The Labute approximate surface area is 201 Å². The fourth-order valence-corrected chi connectivity index (χ4v) is 4.51. The molecule has 1 aliphatic rings. The summed E-state index contributed by atoms with van der Waals surface area (Å²) in [5.74, 6) is 2.57. The lowest BCUT2D eigenvalue weighted by Gasteiger charge is -2.29. The summed E-state index contributed by atoms with van der Waals surface area (Å²) in [5, 5.41) is 14.0. The molecule has 0 saturated carbocycles. The third-order valence-electron chi connectivity index (χ3n) is 6.60. The minimum atomic E-state index is 0.452. The van der Waals surface area contributed by atoms with Crippen molar-refractivity contribution < 1.29 is 14.2 Å². The van der Waals surface area contributed by atoms with Crippen molar-refractivity contribution in [3.8, 4) is 23.3 Å². The lowest BCUT2D eigenvalue weighted by molar-refractivity contribution is 0.157. The molecular formula is C27H32N4O3. The number of aromatic nitrogens is 1. The summed E-state index contributed by atoms with van der Waals surface area (Å²) in [6, 6.07) is 10.1. The number of pyridine rings is 1. The quantitative estimate of drug-likeness (QED) is 0.519. The predicted molar refractivity (Wildman–Crippen MR) is 134 cm³/mol. The van der Waals surface area contributed by atoms with Crippen LogP contribution < -0.4 is 19.5 Å². The molecule has 178 valence electrons. The van der Waals surface area contributed by atoms with Gasteiger partial charge in [-0.05, 0) is 76.0 Å². The zero-order valence-electron chi connectivity index (χ0n) is 20.6. The van der Waals surface area contributed by atoms with E-state index in [4.69, 9.17) is 14.2 Å². The minimum Gasteiger partial charge on any atom is -0.496 e. The third kappa shape index (κ3) is 4.73. The van der Waals surface area contributed by atoms with Gasteiger partial charge in [-0.15, -0.1) is 0 Å². The van der Waals surface area contributed by atoms with E-state index >= 15 is 0 Å². The summed E-state index contributed by atoms with van der Waals surface area (Å²) in [7, 11) is 5.44. The van der Waals surface area contributed by atoms with Gasteiger partial charge in [-0.1, -0.05) is 6.07 Å². The van der Waals surface area contributed by atoms with E-state index in [1.807, 2.05) is 32.0 Å². The lowest BCUT2D eigenvalue weighted by atomic mass is 9.98. The van der Waals surface area contributed by atoms with Crippen LogP contribution in [0.15, 0.2) is 30.5 Å². The Morgan fingerprint density at radius 1 is 1.09 bits per heavy atom. The molecule has 2 aromatic carbocycles. The number of hydrogen-bond donors (Lipinski definition) is 1. The van der Waals surface area contributed by atoms with Crippen molar-refractivity contribution in [3.63, 3.8) is 0 Å². The van der Waals surface area contributed by atoms with Crippen LogP contribution in [0.1, 0.15) is 29.5 Å². The van der Waals surface area contributed by atoms with Crippen LogP contribution >= 0.6 is 0 Å². The molecule has 34 heavy (non-hydrogen) atoms. The molecule has 0 unspecified atom stereocenters. The van der Waals surface area contributed by atoms with E-state index in [9.17, 15) is 5.26 Å². The van der Waals surface area contributed by atoms with Gasteiger partial charge in [0.1, 0.15) is 17.3 Å². The number of anilines is 2. The second-order valence-electron chi connectivity index (χ2n) is 8.97. The molecular weight excluding hydrogens is 428 g/mol. The van der Waals surface area contributed by atoms with Gasteiger partial charge < -0.3 is 24.4 Å². The van der Waals surface area contributed by atoms with Gasteiger partial charge in [0.2, 0.25) is 0 Å². The zero-order valence-corrected chi connectivity index (χ0v) is 20.6. The Hall–Kier alpha value is -3.50. The summed E-state index contributed by atoms with van der Waals surface area (Å²) < 4.78 is 17.4. The molecule has 3 aromatic rings. The van der Waals surface area contributed by atoms with Gasteiger partial charge in [0, 0.05) is 23.3 Å². The Bertz CT molecular complexity index is 1230. The van der Waals surface area contributed by atoms with Crippen LogP contribution in [0, 0.1) is 31.1 Å². The number of fused-ring (bicyclic) bond motifs is 1. The summed E-state index contributed by atoms with van der Waals surface area (Å²) in [5.41, 5.74) is 4.76. The smallest absolute Gasteiger partial charge is 0.187 e. The number of nitrogens with one attached hydrogen (secondary N) is 1. The average molecular weight is 461 g/mol. The van der Waals surface area contributed by atoms with Gasteiger partial charge in [0.05, 0.1) is 32.1 Å². The molecule has 7 nitrogen and oxygen atoms in total. The Kier molecular flexibility index (Phi) is 7.09. The van der Waals surface area contributed by atoms with Gasteiger partial charge in [-0.3, -0.25) is 4.98 Å². The molecule has 1 N–H and O–H groups in total. The van der Waals surface area contributed by atoms with Crippen LogP contribution in [0.4, 0.5) is 11.4 Å². The second-order valence-corrected chi connectivity index (χ2v) is 8.97. The molecule has 0 amide bonds. The Balaban J connectivity index is 1.70. The number of nitrogens with zero attached hydrogens (tertiary/aromatic N) is 3. The molecule has 1 aliphatic heterocycles. The first-order chi connectivity index (χ1) is 16.4. The number of nitriles is 1. The molecule has 0 radical (unpaired) electrons. The first-order valence-electron chi connectivity index (χ1n) is 11.6. The van der Waals surface area contributed by atoms with Crippen LogP contribution in [0.3, 0.4) is 0 Å². The SMILES string of the molecule is COc1cc(Nc2c(C#N)cnc3c(OC)c(OCC4CCN(C)CC4)ccc23)c(C)cc1C. The van der Waals surface area contributed by atoms with E-state index in [-0.39, 0.29) is 0 Å². The topological polar surface area (TPSA) is 79.6 Å². The van der Waals surface area contributed by atoms with Crippen molar-refractivity contribution in [1.29, 1.82) is 5.26 Å². The first-order valence-corrected chi connectivity index (χ1v) is 11.6. The standard InChI is InChI=1S/C27H32N4O3/c1-17-12-18(2)24(32-4)13-22(17)30-25-20(14-28)15-29-26-21(25)6-7-23(27(26)33-5)34-16-19-8-10-31(3)11-9-19/h6-7,12-13,15,19H,8-11,16H2,1-5H3,(H,29,30). The molecule has 0 bridgehead atoms. The number of benzene rings is 2. The van der Waals surface area contributed by atoms with Crippen molar-refractivity contribution in [1.82, 2.24) is 9.88 Å². The maximum absolute atomic E-state index is 9.78. The number of hydrogen-bond acceptors (Lipinski definition) is 7. The number of rotatable bonds is 7. The van der Waals surface area contributed by atoms with Gasteiger partial charge in [-0.25, -0.2) is 0 Å². The van der Waals surface area contributed by atoms with E-state index in [2.05, 4.69) is 34.4 Å². The lowest BCUT2D eigenvalue weighted by Crippen LogP contribution is -2.32. The summed E-state index contributed by atoms with van der Waals surface area (Å²) in [4.78, 5) is 6.91. The van der Waals surface area contributed by atoms with Crippen molar-refractivity contribution in [3.05, 3.63) is 47.2 Å². The maximum atomic E-state index is 9.78. The van der Waals surface area contributed by atoms with E-state index in [0.29, 0.717) is 40.8 Å². The Morgan fingerprint density at radius 2 is 1.85 bits per heavy atom. The van der Waals surface area contributed by atoms with Crippen LogP contribution in [-0.4, -0.2) is 50.8 Å². The highest BCUT2D eigenvalue weighted by Crippen LogP contribution is 2.40. The number of likely N-dealkylation sites (tertiary alicyclic amines) is 1. The van der Waals surface area contributed by atoms with Crippen molar-refractivity contribution in [2.45, 2.75) is 26.7 Å². The van der Waals surface area contributed by atoms with Crippen LogP contribution in [0.5, 0.6) is 17.2 Å². The molecule has 1 aromatic heterocycles. The molecule has 7 heteroatoms. The summed E-state index contributed by atoms with van der Waals surface area (Å²) in [6.07, 6.45) is 3.84. The van der Waals surface area contributed by atoms with E-state index < -0.39 is 0 Å². The fourth-order valence-electron chi connectivity index (χ4n) is 4.51. The van der Waals surface area contributed by atoms with E-state index in [1.54, 1.807) is 20.4 Å². The van der Waals surface area contributed by atoms with Crippen LogP contribution in [0.2, 0.25) is 0 Å². The van der Waals surface area contributed by atoms with Crippen molar-refractivity contribution in [2.75, 3.05) is 46.3 Å². The highest BCUT2D eigenvalue weighted by atomic mass is 16.5. The van der Waals surface area contributed by atoms with Gasteiger partial charge in [-0.2, -0.15) is 5.26 Å². The monoisotopic (exact) mass is 460 g/mol. The largest absolute Gasteiger partial charge is 0.496 e. The minimum absolute atomic E-state index is 0.452. The average Bonchev–Trinajstić information content (AvgIpc) is 2.84. The fraction of sp³-hybridized carbons (Fsp3) is 0.407. The Morgan fingerprint density at radius 3 is 2.53 bits per heavy atom. The number of methoxy groups -OCH3 is 2. The zero-order chi connectivity index (χ0) is 24.2. The highest BCUT2D eigenvalue weighted by Gasteiger charge is 2.20. The van der Waals surface area contributed by atoms with E-state index in [0.717, 1.165) is 53.9 Å². The number of piperidine rings is 1. The van der Waals surface area contributed by atoms with E-state index in [1.165, 1.54) is 0 Å². The molecule has 4 rings (SSSR count). The van der Waals surface area contributed by atoms with Gasteiger partial charge in [0.15, 0.2) is 11.5 Å². The number of ether oxygens (including phenoxy) is 3. The molecule has 1 fully saturated rings.